The summed E-state index contributed by atoms with van der Waals surface area (Å²) in [5.41, 5.74) is -0.167. The second-order valence-electron chi connectivity index (χ2n) is 5.94. The SMILES string of the molecule is CC1OCCC1(CCl)CCS(=O)(=O)C(C)(C)C. The van der Waals surface area contributed by atoms with Gasteiger partial charge in [-0.2, -0.15) is 0 Å². The van der Waals surface area contributed by atoms with Gasteiger partial charge in [-0.1, -0.05) is 0 Å². The number of alkyl halides is 1. The molecule has 0 aliphatic carbocycles. The summed E-state index contributed by atoms with van der Waals surface area (Å²) in [6.45, 7) is 7.89. The summed E-state index contributed by atoms with van der Waals surface area (Å²) in [4.78, 5) is 0. The second kappa shape index (κ2) is 5.06. The maximum atomic E-state index is 12.1. The van der Waals surface area contributed by atoms with E-state index in [1.165, 1.54) is 0 Å². The van der Waals surface area contributed by atoms with Crippen LogP contribution in [0.25, 0.3) is 0 Å². The van der Waals surface area contributed by atoms with Crippen molar-refractivity contribution in [1.82, 2.24) is 0 Å². The molecule has 0 aromatic rings. The van der Waals surface area contributed by atoms with Gasteiger partial charge in [0.15, 0.2) is 9.84 Å². The lowest BCUT2D eigenvalue weighted by Crippen LogP contribution is -2.37. The highest BCUT2D eigenvalue weighted by molar-refractivity contribution is 7.92. The Balaban J connectivity index is 2.73. The smallest absolute Gasteiger partial charge is 0.155 e. The zero-order chi connectivity index (χ0) is 13.3. The van der Waals surface area contributed by atoms with Gasteiger partial charge in [-0.3, -0.25) is 0 Å². The van der Waals surface area contributed by atoms with Crippen LogP contribution in [0.4, 0.5) is 0 Å². The highest BCUT2D eigenvalue weighted by atomic mass is 35.5. The first-order chi connectivity index (χ1) is 7.65. The van der Waals surface area contributed by atoms with Crippen molar-refractivity contribution < 1.29 is 13.2 Å². The summed E-state index contributed by atoms with van der Waals surface area (Å²) in [5.74, 6) is 0.657. The summed E-state index contributed by atoms with van der Waals surface area (Å²) < 4.78 is 29.0. The van der Waals surface area contributed by atoms with E-state index in [-0.39, 0.29) is 17.3 Å². The topological polar surface area (TPSA) is 43.4 Å². The van der Waals surface area contributed by atoms with Crippen LogP contribution in [0.5, 0.6) is 0 Å². The molecule has 5 heteroatoms. The van der Waals surface area contributed by atoms with Gasteiger partial charge in [0.25, 0.3) is 0 Å². The molecule has 1 aliphatic rings. The molecule has 0 radical (unpaired) electrons. The van der Waals surface area contributed by atoms with Gasteiger partial charge in [0.1, 0.15) is 0 Å². The minimum Gasteiger partial charge on any atom is -0.378 e. The molecule has 0 amide bonds. The number of ether oxygens (including phenoxy) is 1. The minimum absolute atomic E-state index is 0.0511. The molecular formula is C12H23ClO3S. The Kier molecular flexibility index (Phi) is 4.54. The summed E-state index contributed by atoms with van der Waals surface area (Å²) in [5, 5.41) is 0. The first kappa shape index (κ1) is 15.3. The lowest BCUT2D eigenvalue weighted by atomic mass is 9.81. The third-order valence-corrected chi connectivity index (χ3v) is 7.04. The standard InChI is InChI=1S/C12H23ClO3S/c1-10-12(9-13,5-7-16-10)6-8-17(14,15)11(2,3)4/h10H,5-9H2,1-4H3. The Hall–Kier alpha value is 0.200. The third-order valence-electron chi connectivity index (χ3n) is 3.90. The number of rotatable bonds is 4. The monoisotopic (exact) mass is 282 g/mol. The van der Waals surface area contributed by atoms with Crippen LogP contribution in [0.3, 0.4) is 0 Å². The maximum Gasteiger partial charge on any atom is 0.155 e. The molecule has 3 nitrogen and oxygen atoms in total. The van der Waals surface area contributed by atoms with Crippen molar-refractivity contribution in [3.8, 4) is 0 Å². The van der Waals surface area contributed by atoms with Gasteiger partial charge in [-0.05, 0) is 40.5 Å². The Morgan fingerprint density at radius 1 is 1.41 bits per heavy atom. The molecule has 0 spiro atoms. The summed E-state index contributed by atoms with van der Waals surface area (Å²) in [7, 11) is -3.07. The van der Waals surface area contributed by atoms with Gasteiger partial charge < -0.3 is 4.74 Å². The molecule has 1 aliphatic heterocycles. The number of hydrogen-bond acceptors (Lipinski definition) is 3. The zero-order valence-electron chi connectivity index (χ0n) is 11.1. The highest BCUT2D eigenvalue weighted by Gasteiger charge is 2.42. The van der Waals surface area contributed by atoms with Gasteiger partial charge >= 0.3 is 0 Å². The van der Waals surface area contributed by atoms with E-state index in [9.17, 15) is 8.42 Å². The van der Waals surface area contributed by atoms with Crippen molar-refractivity contribution in [1.29, 1.82) is 0 Å². The Morgan fingerprint density at radius 2 is 2.00 bits per heavy atom. The van der Waals surface area contributed by atoms with E-state index in [2.05, 4.69) is 0 Å². The van der Waals surface area contributed by atoms with Crippen molar-refractivity contribution in [2.75, 3.05) is 18.2 Å². The minimum atomic E-state index is -3.07. The van der Waals surface area contributed by atoms with Crippen LogP contribution in [-0.2, 0) is 14.6 Å². The van der Waals surface area contributed by atoms with Crippen molar-refractivity contribution in [3.05, 3.63) is 0 Å². The number of sulfone groups is 1. The van der Waals surface area contributed by atoms with Crippen LogP contribution < -0.4 is 0 Å². The van der Waals surface area contributed by atoms with E-state index in [0.717, 1.165) is 6.42 Å². The van der Waals surface area contributed by atoms with Crippen molar-refractivity contribution in [2.45, 2.75) is 51.4 Å². The molecular weight excluding hydrogens is 260 g/mol. The molecule has 0 bridgehead atoms. The average molecular weight is 283 g/mol. The molecule has 1 rings (SSSR count). The van der Waals surface area contributed by atoms with Gasteiger partial charge in [-0.15, -0.1) is 11.6 Å². The predicted octanol–water partition coefficient (Wildman–Crippen LogP) is 2.62. The lowest BCUT2D eigenvalue weighted by Gasteiger charge is -2.31. The highest BCUT2D eigenvalue weighted by Crippen LogP contribution is 2.40. The average Bonchev–Trinajstić information content (AvgIpc) is 2.56. The van der Waals surface area contributed by atoms with Crippen LogP contribution in [0.1, 0.15) is 40.5 Å². The van der Waals surface area contributed by atoms with E-state index in [4.69, 9.17) is 16.3 Å². The Bertz CT molecular complexity index is 358. The predicted molar refractivity (Wildman–Crippen MR) is 71.3 cm³/mol. The fourth-order valence-corrected chi connectivity index (χ4v) is 3.81. The molecule has 17 heavy (non-hydrogen) atoms. The van der Waals surface area contributed by atoms with E-state index >= 15 is 0 Å². The summed E-state index contributed by atoms with van der Waals surface area (Å²) >= 11 is 6.03. The van der Waals surface area contributed by atoms with Gasteiger partial charge in [-0.25, -0.2) is 8.42 Å². The number of hydrogen-bond donors (Lipinski definition) is 0. The summed E-state index contributed by atoms with van der Waals surface area (Å²) in [6.07, 6.45) is 1.50. The maximum absolute atomic E-state index is 12.1. The fraction of sp³-hybridized carbons (Fsp3) is 1.00. The van der Waals surface area contributed by atoms with Crippen LogP contribution in [0.2, 0.25) is 0 Å². The summed E-state index contributed by atoms with van der Waals surface area (Å²) in [6, 6.07) is 0. The molecule has 0 saturated carbocycles. The molecule has 102 valence electrons. The lowest BCUT2D eigenvalue weighted by molar-refractivity contribution is 0.0721. The molecule has 2 unspecified atom stereocenters. The van der Waals surface area contributed by atoms with E-state index < -0.39 is 14.6 Å². The quantitative estimate of drug-likeness (QED) is 0.745. The van der Waals surface area contributed by atoms with Crippen LogP contribution in [0, 0.1) is 5.41 Å². The normalized spacial score (nSPS) is 30.8. The first-order valence-electron chi connectivity index (χ1n) is 6.04. The zero-order valence-corrected chi connectivity index (χ0v) is 12.7. The molecule has 2 atom stereocenters. The Morgan fingerprint density at radius 3 is 2.35 bits per heavy atom. The van der Waals surface area contributed by atoms with Crippen LogP contribution >= 0.6 is 11.6 Å². The van der Waals surface area contributed by atoms with Crippen LogP contribution in [0.15, 0.2) is 0 Å². The fourth-order valence-electron chi connectivity index (χ4n) is 2.03. The van der Waals surface area contributed by atoms with E-state index in [0.29, 0.717) is 18.9 Å². The van der Waals surface area contributed by atoms with Crippen molar-refractivity contribution in [2.24, 2.45) is 5.41 Å². The second-order valence-corrected chi connectivity index (χ2v) is 9.07. The first-order valence-corrected chi connectivity index (χ1v) is 8.23. The van der Waals surface area contributed by atoms with Crippen LogP contribution in [-0.4, -0.2) is 37.5 Å². The van der Waals surface area contributed by atoms with Gasteiger partial charge in [0.05, 0.1) is 16.6 Å². The molecule has 1 heterocycles. The molecule has 1 saturated heterocycles. The third kappa shape index (κ3) is 3.15. The van der Waals surface area contributed by atoms with E-state index in [1.807, 2.05) is 6.92 Å². The molecule has 1 fully saturated rings. The van der Waals surface area contributed by atoms with Crippen molar-refractivity contribution in [3.63, 3.8) is 0 Å². The molecule has 0 aromatic heterocycles. The van der Waals surface area contributed by atoms with Crippen molar-refractivity contribution >= 4 is 21.4 Å². The molecule has 0 aromatic carbocycles. The van der Waals surface area contributed by atoms with E-state index in [1.54, 1.807) is 20.8 Å². The largest absolute Gasteiger partial charge is 0.378 e. The molecule has 0 N–H and O–H groups in total. The Labute approximate surface area is 110 Å². The number of halogens is 1. The van der Waals surface area contributed by atoms with Gasteiger partial charge in [0.2, 0.25) is 0 Å². The van der Waals surface area contributed by atoms with Gasteiger partial charge in [0, 0.05) is 17.9 Å².